The van der Waals surface area contributed by atoms with Gasteiger partial charge < -0.3 is 14.4 Å². The lowest BCUT2D eigenvalue weighted by Gasteiger charge is -2.21. The number of nitrogens with zero attached hydrogens (tertiary/aromatic N) is 4. The number of pyridine rings is 1. The van der Waals surface area contributed by atoms with Crippen molar-refractivity contribution >= 4 is 46.6 Å². The number of hydrogen-bond donors (Lipinski definition) is 0. The fourth-order valence-electron chi connectivity index (χ4n) is 3.30. The van der Waals surface area contributed by atoms with Gasteiger partial charge in [0, 0.05) is 29.6 Å². The molecular weight excluding hydrogens is 462 g/mol. The number of unbranched alkanes of at least 4 members (excludes halogenated alkanes) is 1. The fourth-order valence-corrected chi connectivity index (χ4v) is 3.88. The predicted molar refractivity (Wildman–Crippen MR) is 118 cm³/mol. The van der Waals surface area contributed by atoms with Gasteiger partial charge in [-0.2, -0.15) is 9.37 Å². The third-order valence-corrected chi connectivity index (χ3v) is 5.14. The molecule has 0 atom stereocenters. The van der Waals surface area contributed by atoms with Crippen molar-refractivity contribution in [3.63, 3.8) is 0 Å². The van der Waals surface area contributed by atoms with E-state index in [-0.39, 0.29) is 12.2 Å². The second-order valence-electron chi connectivity index (χ2n) is 6.94. The molecule has 1 aromatic carbocycles. The number of rotatable bonds is 7. The molecule has 1 amide bonds. The minimum atomic E-state index is -0.719. The molecule has 0 radical (unpaired) electrons. The molecule has 0 bridgehead atoms. The van der Waals surface area contributed by atoms with Crippen LogP contribution in [0.5, 0.6) is 0 Å². The van der Waals surface area contributed by atoms with Crippen LogP contribution in [-0.4, -0.2) is 52.4 Å². The van der Waals surface area contributed by atoms with Gasteiger partial charge in [0.25, 0.3) is 0 Å². The highest BCUT2D eigenvalue weighted by atomic mass is 35.5. The Kier molecular flexibility index (Phi) is 7.87. The number of hydrogen-bond acceptors (Lipinski definition) is 6. The summed E-state index contributed by atoms with van der Waals surface area (Å²) in [4.78, 5) is 34.1. The first kappa shape index (κ1) is 23.7. The van der Waals surface area contributed by atoms with Crippen LogP contribution in [0.15, 0.2) is 30.3 Å². The van der Waals surface area contributed by atoms with Crippen molar-refractivity contribution < 1.29 is 23.5 Å². The highest BCUT2D eigenvalue weighted by Gasteiger charge is 2.20. The van der Waals surface area contributed by atoms with Gasteiger partial charge in [0.05, 0.1) is 14.2 Å². The number of aromatic nitrogens is 3. The van der Waals surface area contributed by atoms with Crippen molar-refractivity contribution in [2.45, 2.75) is 25.8 Å². The maximum absolute atomic E-state index is 13.6. The second kappa shape index (κ2) is 10.6. The molecule has 170 valence electrons. The molecule has 11 heteroatoms. The number of imidazole rings is 1. The summed E-state index contributed by atoms with van der Waals surface area (Å²) in [5.74, 6) is -0.319. The van der Waals surface area contributed by atoms with E-state index in [0.29, 0.717) is 47.2 Å². The molecule has 3 aromatic rings. The number of fused-ring (bicyclic) bond motifs is 1. The van der Waals surface area contributed by atoms with Crippen LogP contribution < -0.4 is 0 Å². The van der Waals surface area contributed by atoms with Crippen LogP contribution in [0.4, 0.5) is 14.0 Å². The summed E-state index contributed by atoms with van der Waals surface area (Å²) in [5, 5.41) is 0.952. The van der Waals surface area contributed by atoms with E-state index in [4.69, 9.17) is 32.7 Å². The molecule has 2 heterocycles. The number of methoxy groups -OCH3 is 2. The van der Waals surface area contributed by atoms with Gasteiger partial charge in [0.1, 0.15) is 11.3 Å². The molecule has 0 saturated carbocycles. The lowest BCUT2D eigenvalue weighted by molar-refractivity contribution is 0.120. The summed E-state index contributed by atoms with van der Waals surface area (Å²) in [6.07, 6.45) is 0.393. The second-order valence-corrected chi connectivity index (χ2v) is 7.81. The molecule has 0 N–H and O–H groups in total. The predicted octanol–water partition coefficient (Wildman–Crippen LogP) is 5.08. The van der Waals surface area contributed by atoms with Gasteiger partial charge in [-0.1, -0.05) is 23.2 Å². The molecule has 0 spiro atoms. The first-order valence-electron chi connectivity index (χ1n) is 9.72. The van der Waals surface area contributed by atoms with Crippen LogP contribution in [-0.2, 0) is 22.4 Å². The lowest BCUT2D eigenvalue weighted by Crippen LogP contribution is -2.31. The first-order valence-corrected chi connectivity index (χ1v) is 10.5. The van der Waals surface area contributed by atoms with E-state index >= 15 is 0 Å². The lowest BCUT2D eigenvalue weighted by atomic mass is 10.2. The van der Waals surface area contributed by atoms with Crippen LogP contribution in [0.3, 0.4) is 0 Å². The fraction of sp³-hybridized carbons (Fsp3) is 0.333. The Morgan fingerprint density at radius 2 is 1.78 bits per heavy atom. The highest BCUT2D eigenvalue weighted by molar-refractivity contribution is 6.34. The van der Waals surface area contributed by atoms with Crippen LogP contribution >= 0.6 is 23.2 Å². The Morgan fingerprint density at radius 3 is 2.44 bits per heavy atom. The summed E-state index contributed by atoms with van der Waals surface area (Å²) in [6, 6.07) is 7.71. The topological polar surface area (TPSA) is 86.5 Å². The number of ether oxygens (including phenoxy) is 2. The molecule has 0 unspecified atom stereocenters. The Bertz CT molecular complexity index is 1120. The third kappa shape index (κ3) is 5.66. The molecule has 0 saturated heterocycles. The molecule has 0 fully saturated rings. The average molecular weight is 483 g/mol. The van der Waals surface area contributed by atoms with Gasteiger partial charge in [0.15, 0.2) is 5.65 Å². The summed E-state index contributed by atoms with van der Waals surface area (Å²) in [6.45, 7) is 0.666. The van der Waals surface area contributed by atoms with E-state index in [1.165, 1.54) is 31.3 Å². The summed E-state index contributed by atoms with van der Waals surface area (Å²) in [5.41, 5.74) is 1.26. The number of amides is 1. The average Bonchev–Trinajstić information content (AvgIpc) is 3.11. The Morgan fingerprint density at radius 1 is 1.06 bits per heavy atom. The normalized spacial score (nSPS) is 10.9. The van der Waals surface area contributed by atoms with Crippen LogP contribution in [0, 0.1) is 5.95 Å². The molecule has 32 heavy (non-hydrogen) atoms. The SMILES string of the molecule is COC(=O)N(CCCCc1nc2ccc(F)nc2n1C(=O)OC)Cc1cc(Cl)cc(Cl)c1. The van der Waals surface area contributed by atoms with Crippen molar-refractivity contribution in [2.75, 3.05) is 20.8 Å². The number of benzene rings is 1. The van der Waals surface area contributed by atoms with Gasteiger partial charge in [-0.05, 0) is 48.7 Å². The van der Waals surface area contributed by atoms with Gasteiger partial charge in [-0.15, -0.1) is 0 Å². The molecule has 0 aliphatic heterocycles. The molecule has 0 aliphatic carbocycles. The maximum atomic E-state index is 13.6. The molecule has 8 nitrogen and oxygen atoms in total. The van der Waals surface area contributed by atoms with E-state index in [1.54, 1.807) is 18.2 Å². The minimum Gasteiger partial charge on any atom is -0.453 e. The van der Waals surface area contributed by atoms with Crippen molar-refractivity contribution in [3.8, 4) is 0 Å². The zero-order valence-electron chi connectivity index (χ0n) is 17.5. The van der Waals surface area contributed by atoms with Gasteiger partial charge in [-0.25, -0.2) is 19.1 Å². The summed E-state index contributed by atoms with van der Waals surface area (Å²) in [7, 11) is 2.54. The monoisotopic (exact) mass is 482 g/mol. The largest absolute Gasteiger partial charge is 0.453 e. The zero-order valence-corrected chi connectivity index (χ0v) is 19.0. The third-order valence-electron chi connectivity index (χ3n) is 4.70. The van der Waals surface area contributed by atoms with Crippen molar-refractivity contribution in [2.24, 2.45) is 0 Å². The Labute approximate surface area is 193 Å². The number of carbonyl (C=O) groups excluding carboxylic acids is 2. The Hall–Kier alpha value is -2.91. The molecule has 3 rings (SSSR count). The van der Waals surface area contributed by atoms with E-state index in [0.717, 1.165) is 10.1 Å². The van der Waals surface area contributed by atoms with Gasteiger partial charge in [0.2, 0.25) is 5.95 Å². The highest BCUT2D eigenvalue weighted by Crippen LogP contribution is 2.21. The summed E-state index contributed by atoms with van der Waals surface area (Å²) >= 11 is 12.1. The first-order chi connectivity index (χ1) is 15.3. The molecule has 0 aliphatic rings. The smallest absolute Gasteiger partial charge is 0.420 e. The molecular formula is C21H21Cl2FN4O4. The van der Waals surface area contributed by atoms with Gasteiger partial charge in [-0.3, -0.25) is 0 Å². The van der Waals surface area contributed by atoms with E-state index in [9.17, 15) is 14.0 Å². The quantitative estimate of drug-likeness (QED) is 0.344. The van der Waals surface area contributed by atoms with Crippen LogP contribution in [0.25, 0.3) is 11.2 Å². The zero-order chi connectivity index (χ0) is 23.3. The summed E-state index contributed by atoms with van der Waals surface area (Å²) < 4.78 is 24.4. The number of aryl methyl sites for hydroxylation is 1. The van der Waals surface area contributed by atoms with Crippen LogP contribution in [0.1, 0.15) is 24.2 Å². The van der Waals surface area contributed by atoms with Crippen molar-refractivity contribution in [3.05, 3.63) is 57.7 Å². The number of carbonyl (C=O) groups is 2. The van der Waals surface area contributed by atoms with Crippen LogP contribution in [0.2, 0.25) is 10.0 Å². The Balaban J connectivity index is 1.68. The maximum Gasteiger partial charge on any atom is 0.420 e. The van der Waals surface area contributed by atoms with E-state index < -0.39 is 18.1 Å². The van der Waals surface area contributed by atoms with Crippen molar-refractivity contribution in [1.29, 1.82) is 0 Å². The van der Waals surface area contributed by atoms with Crippen molar-refractivity contribution in [1.82, 2.24) is 19.4 Å². The molecule has 2 aromatic heterocycles. The van der Waals surface area contributed by atoms with Gasteiger partial charge >= 0.3 is 12.2 Å². The standard InChI is InChI=1S/C21H21Cl2FN4O4/c1-31-20(29)27(12-13-9-14(22)11-15(23)10-13)8-4-3-5-18-25-16-6-7-17(24)26-19(16)28(18)21(30)32-2/h6-7,9-11H,3-5,8,12H2,1-2H3. The minimum absolute atomic E-state index is 0.0980. The number of halogens is 3. The van der Waals surface area contributed by atoms with E-state index in [2.05, 4.69) is 9.97 Å². The van der Waals surface area contributed by atoms with E-state index in [1.807, 2.05) is 0 Å².